The third-order valence-corrected chi connectivity index (χ3v) is 7.25. The van der Waals surface area contributed by atoms with E-state index in [1.165, 1.54) is 11.3 Å². The Kier molecular flexibility index (Phi) is 10.3. The molecule has 0 saturated carbocycles. The zero-order valence-corrected chi connectivity index (χ0v) is 21.6. The average molecular weight is 550 g/mol. The number of aliphatic carboxylic acids is 2. The highest BCUT2D eigenvalue weighted by Gasteiger charge is 2.38. The molecule has 2 aromatic rings. The van der Waals surface area contributed by atoms with E-state index in [9.17, 15) is 23.1 Å². The third kappa shape index (κ3) is 8.96. The van der Waals surface area contributed by atoms with E-state index in [1.54, 1.807) is 6.21 Å². The Morgan fingerprint density at radius 2 is 1.59 bits per heavy atom. The first kappa shape index (κ1) is 29.9. The van der Waals surface area contributed by atoms with Crippen molar-refractivity contribution in [2.75, 3.05) is 50.7 Å². The van der Waals surface area contributed by atoms with Crippen LogP contribution < -0.4 is 15.8 Å². The molecule has 2 aliphatic rings. The van der Waals surface area contributed by atoms with E-state index < -0.39 is 18.1 Å². The maximum atomic E-state index is 11.6. The Bertz CT molecular complexity index is 1100. The molecule has 9 nitrogen and oxygen atoms in total. The number of rotatable bonds is 7. The molecule has 212 valence electrons. The summed E-state index contributed by atoms with van der Waals surface area (Å²) in [6.07, 6.45) is -1.41. The van der Waals surface area contributed by atoms with Crippen LogP contribution in [0.25, 0.3) is 0 Å². The van der Waals surface area contributed by atoms with Crippen LogP contribution in [0.5, 0.6) is 0 Å². The molecule has 3 N–H and O–H groups in total. The maximum absolute atomic E-state index is 11.6. The largest absolute Gasteiger partial charge is 0.542 e. The summed E-state index contributed by atoms with van der Waals surface area (Å²) < 4.78 is 32.2. The van der Waals surface area contributed by atoms with Gasteiger partial charge in [-0.1, -0.05) is 42.5 Å². The Morgan fingerprint density at radius 1 is 1.03 bits per heavy atom. The van der Waals surface area contributed by atoms with Crippen molar-refractivity contribution in [2.45, 2.75) is 31.6 Å². The Morgan fingerprint density at radius 3 is 2.08 bits per heavy atom. The zero-order chi connectivity index (χ0) is 28.5. The van der Waals surface area contributed by atoms with Crippen LogP contribution in [-0.4, -0.2) is 90.7 Å². The van der Waals surface area contributed by atoms with E-state index in [4.69, 9.17) is 15.7 Å². The fourth-order valence-corrected chi connectivity index (χ4v) is 5.30. The molecule has 0 unspecified atom stereocenters. The molecule has 0 spiro atoms. The fraction of sp³-hybridized carbons (Fsp3) is 0.444. The van der Waals surface area contributed by atoms with Gasteiger partial charge in [0.05, 0.1) is 19.3 Å². The van der Waals surface area contributed by atoms with Gasteiger partial charge in [0, 0.05) is 56.3 Å². The number of hydrazone groups is 1. The number of alkyl halides is 3. The van der Waals surface area contributed by atoms with E-state index >= 15 is 0 Å². The van der Waals surface area contributed by atoms with Crippen LogP contribution in [-0.2, 0) is 16.1 Å². The van der Waals surface area contributed by atoms with Crippen molar-refractivity contribution in [1.29, 1.82) is 0 Å². The van der Waals surface area contributed by atoms with Crippen LogP contribution in [0, 0.1) is 0 Å². The first-order chi connectivity index (χ1) is 18.5. The molecule has 0 bridgehead atoms. The highest BCUT2D eigenvalue weighted by Crippen LogP contribution is 2.27. The van der Waals surface area contributed by atoms with E-state index in [2.05, 4.69) is 39.2 Å². The fourth-order valence-electron chi connectivity index (χ4n) is 5.30. The minimum atomic E-state index is -5.19. The summed E-state index contributed by atoms with van der Waals surface area (Å²) >= 11 is 0. The smallest absolute Gasteiger partial charge is 0.430 e. The van der Waals surface area contributed by atoms with E-state index in [0.29, 0.717) is 10.5 Å². The second-order valence-corrected chi connectivity index (χ2v) is 9.89. The lowest BCUT2D eigenvalue weighted by molar-refractivity contribution is -0.939. The van der Waals surface area contributed by atoms with Crippen LogP contribution >= 0.6 is 0 Å². The number of likely N-dealkylation sites (tertiary alicyclic amines) is 1. The molecule has 2 aromatic carbocycles. The number of carboxylic acids is 2. The molecular formula is C27H34F3N5O4. The number of anilines is 1. The van der Waals surface area contributed by atoms with Gasteiger partial charge in [0.2, 0.25) is 0 Å². The first-order valence-corrected chi connectivity index (χ1v) is 12.7. The van der Waals surface area contributed by atoms with Crippen LogP contribution in [0.3, 0.4) is 0 Å². The number of hydrogen-bond donors (Lipinski definition) is 2. The van der Waals surface area contributed by atoms with Crippen molar-refractivity contribution < 1.29 is 37.5 Å². The van der Waals surface area contributed by atoms with Gasteiger partial charge in [-0.15, -0.1) is 0 Å². The number of carboxylic acid groups (broad SMARTS) is 2. The van der Waals surface area contributed by atoms with Crippen molar-refractivity contribution in [2.24, 2.45) is 10.9 Å². The molecule has 0 aromatic heterocycles. The summed E-state index contributed by atoms with van der Waals surface area (Å²) in [6, 6.07) is 19.2. The summed E-state index contributed by atoms with van der Waals surface area (Å²) in [5.41, 5.74) is 3.47. The van der Waals surface area contributed by atoms with Gasteiger partial charge in [-0.3, -0.25) is 4.90 Å². The predicted octanol–water partition coefficient (Wildman–Crippen LogP) is 1.66. The topological polar surface area (TPSA) is 122 Å². The van der Waals surface area contributed by atoms with Gasteiger partial charge in [0.15, 0.2) is 6.54 Å². The number of quaternary nitrogens is 1. The molecular weight excluding hydrogens is 515 g/mol. The Hall–Kier alpha value is -3.64. The van der Waals surface area contributed by atoms with Crippen molar-refractivity contribution >= 4 is 23.8 Å². The van der Waals surface area contributed by atoms with Gasteiger partial charge in [0.25, 0.3) is 0 Å². The van der Waals surface area contributed by atoms with Crippen LogP contribution in [0.4, 0.5) is 18.9 Å². The van der Waals surface area contributed by atoms with E-state index in [0.717, 1.165) is 64.2 Å². The number of hydrogen-bond acceptors (Lipinski definition) is 7. The number of nitrogens with two attached hydrogens (primary N) is 1. The molecule has 0 radical (unpaired) electrons. The molecule has 0 amide bonds. The van der Waals surface area contributed by atoms with Gasteiger partial charge in [-0.25, -0.2) is 4.79 Å². The number of piperidine rings is 1. The molecule has 0 atom stereocenters. The number of piperazine rings is 1. The minimum Gasteiger partial charge on any atom is -0.542 e. The highest BCUT2D eigenvalue weighted by atomic mass is 19.4. The summed E-state index contributed by atoms with van der Waals surface area (Å²) in [6.45, 7) is 6.99. The average Bonchev–Trinajstić information content (AvgIpc) is 2.90. The van der Waals surface area contributed by atoms with Crippen molar-refractivity contribution in [1.82, 2.24) is 4.90 Å². The molecule has 2 aliphatic heterocycles. The summed E-state index contributed by atoms with van der Waals surface area (Å²) in [4.78, 5) is 25.5. The Labute approximate surface area is 225 Å². The van der Waals surface area contributed by atoms with Crippen molar-refractivity contribution in [3.8, 4) is 0 Å². The van der Waals surface area contributed by atoms with Crippen LogP contribution in [0.2, 0.25) is 0 Å². The van der Waals surface area contributed by atoms with E-state index in [1.807, 2.05) is 30.3 Å². The number of carbonyl (C=O) groups excluding carboxylic acids is 1. The van der Waals surface area contributed by atoms with Crippen LogP contribution in [0.15, 0.2) is 59.7 Å². The number of halogens is 3. The maximum Gasteiger partial charge on any atom is 0.430 e. The normalized spacial score (nSPS) is 22.2. The lowest BCUT2D eigenvalue weighted by Gasteiger charge is -2.47. The SMILES string of the molecule is N/N=C/c1ccc(N2CCN(C3CC[N+](CC(=O)O)(Cc4ccccc4)CC3)CC2)cc1.O=C([O-])C(F)(F)F. The molecule has 4 rings (SSSR count). The summed E-state index contributed by atoms with van der Waals surface area (Å²) in [5.74, 6) is 1.53. The van der Waals surface area contributed by atoms with Gasteiger partial charge in [0.1, 0.15) is 12.5 Å². The number of nitrogens with zero attached hydrogens (tertiary/aromatic N) is 4. The number of carbonyl (C=O) groups is 2. The third-order valence-electron chi connectivity index (χ3n) is 7.25. The van der Waals surface area contributed by atoms with Gasteiger partial charge in [-0.2, -0.15) is 18.3 Å². The summed E-state index contributed by atoms with van der Waals surface area (Å²) in [7, 11) is 0. The first-order valence-electron chi connectivity index (χ1n) is 12.7. The van der Waals surface area contributed by atoms with Gasteiger partial charge < -0.3 is 30.2 Å². The van der Waals surface area contributed by atoms with Crippen LogP contribution in [0.1, 0.15) is 24.0 Å². The zero-order valence-electron chi connectivity index (χ0n) is 21.6. The molecule has 0 aliphatic carbocycles. The molecule has 39 heavy (non-hydrogen) atoms. The standard InChI is InChI=1S/C25H33N5O2.C2HF3O2/c26-27-18-21-6-8-23(9-7-21)28-12-14-29(15-13-28)24-10-16-30(17-11-24,20-25(31)32)19-22-4-2-1-3-5-22;3-2(4,5)1(6)7/h1-9,18,24H,10-17,19-20,26H2;(H,6,7)/b27-18+;. The molecule has 12 heteroatoms. The monoisotopic (exact) mass is 549 g/mol. The minimum absolute atomic E-state index is 0.209. The summed E-state index contributed by atoms with van der Waals surface area (Å²) in [5, 5.41) is 21.9. The second-order valence-electron chi connectivity index (χ2n) is 9.89. The van der Waals surface area contributed by atoms with Gasteiger partial charge >= 0.3 is 12.1 Å². The van der Waals surface area contributed by atoms with Gasteiger partial charge in [-0.05, 0) is 17.7 Å². The Balaban J connectivity index is 0.000000532. The second kappa shape index (κ2) is 13.4. The lowest BCUT2D eigenvalue weighted by atomic mass is 9.98. The van der Waals surface area contributed by atoms with Crippen molar-refractivity contribution in [3.63, 3.8) is 0 Å². The molecule has 2 heterocycles. The predicted molar refractivity (Wildman–Crippen MR) is 139 cm³/mol. The molecule has 2 fully saturated rings. The quantitative estimate of drug-likeness (QED) is 0.233. The highest BCUT2D eigenvalue weighted by molar-refractivity contribution is 5.80. The lowest BCUT2D eigenvalue weighted by Crippen LogP contribution is -2.59. The molecule has 2 saturated heterocycles. The van der Waals surface area contributed by atoms with Crippen molar-refractivity contribution in [3.05, 3.63) is 65.7 Å². The van der Waals surface area contributed by atoms with E-state index in [-0.39, 0.29) is 6.54 Å². The number of benzene rings is 2.